The number of fused-ring (bicyclic) bond motifs is 2. The average molecular weight is 873 g/mol. The van der Waals surface area contributed by atoms with Gasteiger partial charge in [0.05, 0.1) is 45.9 Å². The van der Waals surface area contributed by atoms with E-state index in [2.05, 4.69) is 38.8 Å². The highest BCUT2D eigenvalue weighted by Gasteiger charge is 2.39. The number of ketones is 2. The number of halogens is 1. The molecule has 320 valence electrons. The zero-order chi connectivity index (χ0) is 44.2. The van der Waals surface area contributed by atoms with Gasteiger partial charge in [0.1, 0.15) is 29.6 Å². The lowest BCUT2D eigenvalue weighted by Gasteiger charge is -2.36. The quantitative estimate of drug-likeness (QED) is 0.111. The van der Waals surface area contributed by atoms with Crippen molar-refractivity contribution in [1.82, 2.24) is 18.9 Å². The van der Waals surface area contributed by atoms with Gasteiger partial charge in [0.2, 0.25) is 17.0 Å². The van der Waals surface area contributed by atoms with Gasteiger partial charge in [-0.3, -0.25) is 37.9 Å². The Kier molecular flexibility index (Phi) is 13.3. The van der Waals surface area contributed by atoms with E-state index in [1.54, 1.807) is 36.4 Å². The topological polar surface area (TPSA) is 212 Å². The molecular weight excluding hydrogens is 828 g/mol. The number of carbonyl (C=O) groups excluding carboxylic acids is 2. The molecule has 4 aromatic heterocycles. The monoisotopic (exact) mass is 872 g/mol. The highest BCUT2D eigenvalue weighted by atomic mass is 32.1. The smallest absolute Gasteiger partial charge is 0.330 e. The molecule has 1 fully saturated rings. The Morgan fingerprint density at radius 1 is 1.00 bits per heavy atom. The molecule has 0 spiro atoms. The van der Waals surface area contributed by atoms with Crippen molar-refractivity contribution < 1.29 is 37.8 Å². The number of aliphatic hydroxyl groups excluding tert-OH is 1. The molecule has 6 aromatic rings. The maximum Gasteiger partial charge on any atom is 0.330 e. The summed E-state index contributed by atoms with van der Waals surface area (Å²) >= 11 is 1.11. The van der Waals surface area contributed by atoms with Crippen molar-refractivity contribution in [2.24, 2.45) is 0 Å². The molecule has 2 aliphatic rings. The summed E-state index contributed by atoms with van der Waals surface area (Å²) in [7, 11) is -1.86. The number of hydrogen-bond acceptors (Lipinski definition) is 13. The van der Waals surface area contributed by atoms with Crippen LogP contribution in [0.4, 0.5) is 4.39 Å². The number of carbonyl (C=O) groups is 2. The fraction of sp³-hybridized carbons (Fsp3) is 0.326. The molecule has 2 atom stereocenters. The van der Waals surface area contributed by atoms with Crippen LogP contribution in [0.2, 0.25) is 18.1 Å². The lowest BCUT2D eigenvalue weighted by molar-refractivity contribution is -0.114. The first-order valence-electron chi connectivity index (χ1n) is 19.4. The molecule has 15 nitrogen and oxygen atoms in total. The zero-order valence-corrected chi connectivity index (χ0v) is 35.9. The number of phenolic OH excluding ortho intramolecular Hbond substituents is 1. The van der Waals surface area contributed by atoms with Crippen LogP contribution in [0.25, 0.3) is 21.5 Å². The van der Waals surface area contributed by atoms with Crippen LogP contribution in [0.5, 0.6) is 5.75 Å². The summed E-state index contributed by atoms with van der Waals surface area (Å²) in [5.74, 6) is -1.61. The van der Waals surface area contributed by atoms with Crippen LogP contribution in [0, 0.1) is 5.82 Å². The Morgan fingerprint density at radius 2 is 1.72 bits per heavy atom. The van der Waals surface area contributed by atoms with E-state index in [0.717, 1.165) is 28.5 Å². The Bertz CT molecular complexity index is 2890. The third-order valence-electron chi connectivity index (χ3n) is 10.8. The van der Waals surface area contributed by atoms with Crippen molar-refractivity contribution in [2.75, 3.05) is 6.61 Å². The van der Waals surface area contributed by atoms with Gasteiger partial charge in [-0.25, -0.2) is 9.78 Å². The molecule has 0 amide bonds. The van der Waals surface area contributed by atoms with Crippen molar-refractivity contribution in [2.45, 2.75) is 83.3 Å². The molecule has 0 radical (unpaired) electrons. The van der Waals surface area contributed by atoms with E-state index in [1.807, 2.05) is 4.98 Å². The molecule has 0 bridgehead atoms. The van der Waals surface area contributed by atoms with E-state index >= 15 is 0 Å². The summed E-state index contributed by atoms with van der Waals surface area (Å²) in [5.41, 5.74) is -1.24. The van der Waals surface area contributed by atoms with Gasteiger partial charge in [-0.1, -0.05) is 56.4 Å². The predicted octanol–water partition coefficient (Wildman–Crippen LogP) is 6.88. The zero-order valence-electron chi connectivity index (χ0n) is 34.1. The van der Waals surface area contributed by atoms with Crippen LogP contribution in [-0.2, 0) is 14.0 Å². The number of aromatic hydroxyl groups is 1. The number of H-pyrrole nitrogens is 1. The van der Waals surface area contributed by atoms with Crippen molar-refractivity contribution in [3.8, 4) is 5.75 Å². The molecule has 61 heavy (non-hydrogen) atoms. The Hall–Kier alpha value is -6.08. The number of nitrogens with one attached hydrogen (secondary N) is 1. The van der Waals surface area contributed by atoms with Gasteiger partial charge in [0, 0.05) is 31.3 Å². The second-order valence-corrected chi connectivity index (χ2v) is 21.8. The van der Waals surface area contributed by atoms with E-state index < -0.39 is 31.6 Å². The first-order chi connectivity index (χ1) is 28.9. The lowest BCUT2D eigenvalue weighted by Crippen LogP contribution is -2.42. The number of rotatable bonds is 7. The van der Waals surface area contributed by atoms with Gasteiger partial charge < -0.3 is 23.8 Å². The molecule has 18 heteroatoms. The van der Waals surface area contributed by atoms with Gasteiger partial charge in [0.15, 0.2) is 19.1 Å². The van der Waals surface area contributed by atoms with Gasteiger partial charge in [0.25, 0.3) is 11.1 Å². The summed E-state index contributed by atoms with van der Waals surface area (Å²) in [6.45, 7) is 11.3. The number of aliphatic hydroxyl groups is 1. The Labute approximate surface area is 352 Å². The molecule has 1 aliphatic carbocycles. The third-order valence-corrected chi connectivity index (χ3v) is 16.3. The number of nitrogens with zero attached hydrogens (tertiary/aromatic N) is 3. The van der Waals surface area contributed by atoms with Crippen LogP contribution < -0.4 is 22.2 Å². The van der Waals surface area contributed by atoms with Crippen LogP contribution >= 0.6 is 11.3 Å². The number of para-hydroxylation sites is 2. The van der Waals surface area contributed by atoms with Crippen molar-refractivity contribution in [3.63, 3.8) is 0 Å². The number of aromatic nitrogens is 4. The van der Waals surface area contributed by atoms with Crippen molar-refractivity contribution >= 4 is 52.7 Å². The number of Topliss-reactive ketones (excluding diaryl/α,β-unsaturated/α-hetero) is 1. The fourth-order valence-electron chi connectivity index (χ4n) is 6.33. The summed E-state index contributed by atoms with van der Waals surface area (Å²) in [5, 5.41) is 20.1. The van der Waals surface area contributed by atoms with E-state index in [1.165, 1.54) is 41.3 Å². The van der Waals surface area contributed by atoms with Crippen molar-refractivity contribution in [1.29, 1.82) is 0 Å². The molecular formula is C43H45FN4O11SSi. The van der Waals surface area contributed by atoms with Crippen LogP contribution in [0.3, 0.4) is 0 Å². The number of thiazole rings is 1. The number of aromatic amines is 1. The minimum Gasteiger partial charge on any atom is -0.512 e. The van der Waals surface area contributed by atoms with Crippen LogP contribution in [-0.4, -0.2) is 61.7 Å². The largest absolute Gasteiger partial charge is 0.512 e. The number of phenols is 1. The van der Waals surface area contributed by atoms with E-state index in [-0.39, 0.29) is 61.9 Å². The van der Waals surface area contributed by atoms with Gasteiger partial charge in [-0.15, -0.1) is 0 Å². The summed E-state index contributed by atoms with van der Waals surface area (Å²) < 4.78 is 33.1. The Morgan fingerprint density at radius 3 is 2.43 bits per heavy atom. The molecule has 2 aromatic carbocycles. The maximum absolute atomic E-state index is 13.4. The van der Waals surface area contributed by atoms with Crippen molar-refractivity contribution in [3.05, 3.63) is 148 Å². The highest BCUT2D eigenvalue weighted by molar-refractivity contribution is 7.19. The average Bonchev–Trinajstić information content (AvgIpc) is 3.88. The maximum atomic E-state index is 13.4. The summed E-state index contributed by atoms with van der Waals surface area (Å²) in [6.07, 6.45) is 7.03. The second kappa shape index (κ2) is 18.3. The van der Waals surface area contributed by atoms with E-state index in [4.69, 9.17) is 13.6 Å². The Balaban J connectivity index is 0.000000154. The third kappa shape index (κ3) is 9.94. The molecule has 0 saturated carbocycles. The normalized spacial score (nSPS) is 16.9. The standard InChI is InChI=1S/C15H25FN2O4Si.C15H12O4.C13H8N2O3S/c1-15(2,3)23(4,5)21-9-10-6-7-12(22-10)18-8-11(16)13(19)17-14(18)20;16-11-5-3-6-12(17)14(11)10-8-19-13-7-2-1-4-9(13)15(10)18;16-9-4-2-1-3-8(9)12(18)10-7-15-11(17)5-6-14-13(15)19-10/h8,10,12H,6-7,9H2,1-5H3,(H,17,19,20);1-2,4,7-8,16H,3,5-6H2;1-7,16H/t10-,12+;;/m0../s1. The number of hydrogen-bond donors (Lipinski definition) is 3. The molecule has 0 unspecified atom stereocenters. The number of allylic oxidation sites excluding steroid dienone is 2. The second-order valence-electron chi connectivity index (χ2n) is 16.0. The first-order valence-corrected chi connectivity index (χ1v) is 23.1. The summed E-state index contributed by atoms with van der Waals surface area (Å²) in [4.78, 5) is 77.7. The molecule has 3 N–H and O–H groups in total. The predicted molar refractivity (Wildman–Crippen MR) is 229 cm³/mol. The minimum atomic E-state index is -1.86. The fourth-order valence-corrected chi connectivity index (χ4v) is 8.28. The molecule has 8 rings (SSSR count). The van der Waals surface area contributed by atoms with Crippen LogP contribution in [0.15, 0.2) is 109 Å². The number of benzene rings is 2. The van der Waals surface area contributed by atoms with Gasteiger partial charge in [-0.2, -0.15) is 4.39 Å². The first kappa shape index (κ1) is 44.5. The van der Waals surface area contributed by atoms with E-state index in [9.17, 15) is 43.4 Å². The van der Waals surface area contributed by atoms with Gasteiger partial charge >= 0.3 is 5.69 Å². The van der Waals surface area contributed by atoms with Gasteiger partial charge in [-0.05, 0) is 61.7 Å². The highest BCUT2D eigenvalue weighted by Crippen LogP contribution is 2.38. The van der Waals surface area contributed by atoms with E-state index in [0.29, 0.717) is 53.1 Å². The number of ether oxygens (including phenoxy) is 1. The van der Waals surface area contributed by atoms with Crippen LogP contribution in [0.1, 0.15) is 79.9 Å². The summed E-state index contributed by atoms with van der Waals surface area (Å²) in [6, 6.07) is 14.5. The molecule has 5 heterocycles. The molecule has 1 aliphatic heterocycles. The molecule has 1 saturated heterocycles. The lowest BCUT2D eigenvalue weighted by atomic mass is 9.91. The SMILES string of the molecule is CC(C)(C)[Si](C)(C)OC[C@@H]1CC[C@H](n2cc(F)c(=O)[nH]c2=O)O1.O=C(c1cn2c(=O)ccnc2s1)c1ccccc1O.O=C1CCCC(O)=C1c1coc2ccccc2c1=O. The minimum absolute atomic E-state index is 0.0150.